The van der Waals surface area contributed by atoms with E-state index >= 15 is 0 Å². The average molecular weight is 523 g/mol. The molecule has 0 radical (unpaired) electrons. The zero-order valence-corrected chi connectivity index (χ0v) is 17.7. The molecule has 0 aliphatic carbocycles. The Morgan fingerprint density at radius 1 is 1.03 bits per heavy atom. The molecule has 0 spiro atoms. The fraction of sp³-hybridized carbons (Fsp3) is 0.0476. The van der Waals surface area contributed by atoms with Crippen molar-refractivity contribution in [2.75, 3.05) is 0 Å². The summed E-state index contributed by atoms with van der Waals surface area (Å²) >= 11 is 3.00. The predicted molar refractivity (Wildman–Crippen MR) is 115 cm³/mol. The third-order valence-corrected chi connectivity index (χ3v) is 5.85. The summed E-state index contributed by atoms with van der Waals surface area (Å²) in [5, 5.41) is -0.365. The van der Waals surface area contributed by atoms with Crippen LogP contribution in [0.4, 0.5) is 13.6 Å². The second-order valence-corrected chi connectivity index (χ2v) is 8.46. The quantitative estimate of drug-likeness (QED) is 0.308. The molecule has 146 valence electrons. The summed E-state index contributed by atoms with van der Waals surface area (Å²) in [6.45, 7) is 0.184. The number of carbonyl (C=O) groups is 2. The minimum Gasteiger partial charge on any atom is -0.457 e. The molecule has 2 aromatic carbocycles. The van der Waals surface area contributed by atoms with Gasteiger partial charge < -0.3 is 4.42 Å². The van der Waals surface area contributed by atoms with Gasteiger partial charge >= 0.3 is 0 Å². The second-order valence-electron chi connectivity index (χ2n) is 6.22. The molecular formula is C21H12F2INO3S. The van der Waals surface area contributed by atoms with Crippen molar-refractivity contribution in [2.45, 2.75) is 6.54 Å². The largest absolute Gasteiger partial charge is 0.457 e. The first kappa shape index (κ1) is 19.8. The lowest BCUT2D eigenvalue weighted by Crippen LogP contribution is -2.27. The highest BCUT2D eigenvalue weighted by molar-refractivity contribution is 14.1. The molecule has 2 heterocycles. The molecule has 1 aliphatic heterocycles. The number of nitrogens with zero attached hydrogens (tertiary/aromatic N) is 1. The van der Waals surface area contributed by atoms with Gasteiger partial charge in [0.05, 0.1) is 17.0 Å². The minimum absolute atomic E-state index is 0.109. The summed E-state index contributed by atoms with van der Waals surface area (Å²) in [6.07, 6.45) is 1.45. The van der Waals surface area contributed by atoms with E-state index in [0.717, 1.165) is 33.0 Å². The van der Waals surface area contributed by atoms with E-state index in [1.807, 2.05) is 24.3 Å². The lowest BCUT2D eigenvalue weighted by Gasteiger charge is -2.12. The maximum Gasteiger partial charge on any atom is 0.293 e. The third-order valence-electron chi connectivity index (χ3n) is 4.22. The van der Waals surface area contributed by atoms with Crippen molar-refractivity contribution in [3.63, 3.8) is 0 Å². The first-order chi connectivity index (χ1) is 13.9. The van der Waals surface area contributed by atoms with Crippen LogP contribution in [-0.2, 0) is 11.3 Å². The molecule has 0 unspecified atom stereocenters. The van der Waals surface area contributed by atoms with Crippen LogP contribution in [0.2, 0.25) is 0 Å². The van der Waals surface area contributed by atoms with Crippen LogP contribution >= 0.6 is 34.4 Å². The monoisotopic (exact) mass is 523 g/mol. The molecule has 4 nitrogen and oxygen atoms in total. The molecule has 0 saturated carbocycles. The van der Waals surface area contributed by atoms with Gasteiger partial charge in [-0.1, -0.05) is 12.1 Å². The molecule has 0 bridgehead atoms. The average Bonchev–Trinajstić information content (AvgIpc) is 3.24. The van der Waals surface area contributed by atoms with Crippen molar-refractivity contribution >= 4 is 51.6 Å². The van der Waals surface area contributed by atoms with Gasteiger partial charge in [-0.15, -0.1) is 0 Å². The van der Waals surface area contributed by atoms with Gasteiger partial charge in [-0.25, -0.2) is 8.78 Å². The molecular weight excluding hydrogens is 511 g/mol. The van der Waals surface area contributed by atoms with E-state index in [0.29, 0.717) is 5.76 Å². The van der Waals surface area contributed by atoms with Crippen molar-refractivity contribution in [3.8, 4) is 11.3 Å². The number of amides is 2. The summed E-state index contributed by atoms with van der Waals surface area (Å²) in [7, 11) is 0. The summed E-state index contributed by atoms with van der Waals surface area (Å²) in [5.41, 5.74) is 0.957. The number of rotatable bonds is 4. The van der Waals surface area contributed by atoms with Crippen LogP contribution in [0.15, 0.2) is 63.9 Å². The van der Waals surface area contributed by atoms with Gasteiger partial charge in [-0.3, -0.25) is 14.5 Å². The summed E-state index contributed by atoms with van der Waals surface area (Å²) < 4.78 is 33.6. The molecule has 0 atom stereocenters. The van der Waals surface area contributed by atoms with Crippen molar-refractivity contribution in [1.82, 2.24) is 4.90 Å². The zero-order chi connectivity index (χ0) is 20.5. The molecule has 1 saturated heterocycles. The molecule has 2 amide bonds. The van der Waals surface area contributed by atoms with Crippen LogP contribution in [0.1, 0.15) is 11.3 Å². The Balaban J connectivity index is 1.54. The standard InChI is InChI=1S/C21H12F2INO3S/c22-13-3-7-16(17(23)9-13)18-8-6-15(28-18)10-19-20(26)25(21(27)29-19)11-12-1-4-14(24)5-2-12/h1-10H,11H2/b19-10+. The van der Waals surface area contributed by atoms with E-state index < -0.39 is 17.5 Å². The van der Waals surface area contributed by atoms with Crippen LogP contribution in [0.3, 0.4) is 0 Å². The van der Waals surface area contributed by atoms with E-state index in [1.54, 1.807) is 6.07 Å². The lowest BCUT2D eigenvalue weighted by molar-refractivity contribution is -0.123. The van der Waals surface area contributed by atoms with Crippen LogP contribution in [-0.4, -0.2) is 16.0 Å². The van der Waals surface area contributed by atoms with Crippen LogP contribution < -0.4 is 0 Å². The molecule has 1 fully saturated rings. The first-order valence-electron chi connectivity index (χ1n) is 8.46. The Labute approximate surface area is 182 Å². The summed E-state index contributed by atoms with van der Waals surface area (Å²) in [6, 6.07) is 13.8. The van der Waals surface area contributed by atoms with Crippen LogP contribution in [0.25, 0.3) is 17.4 Å². The van der Waals surface area contributed by atoms with Crippen molar-refractivity contribution in [1.29, 1.82) is 0 Å². The molecule has 4 rings (SSSR count). The topological polar surface area (TPSA) is 50.5 Å². The Hall–Kier alpha value is -2.46. The Morgan fingerprint density at radius 2 is 1.79 bits per heavy atom. The summed E-state index contributed by atoms with van der Waals surface area (Å²) in [5.74, 6) is -1.34. The molecule has 3 aromatic rings. The van der Waals surface area contributed by atoms with E-state index in [1.165, 1.54) is 23.1 Å². The molecule has 1 aliphatic rings. The number of benzene rings is 2. The van der Waals surface area contributed by atoms with Crippen molar-refractivity contribution in [2.24, 2.45) is 0 Å². The van der Waals surface area contributed by atoms with E-state index in [2.05, 4.69) is 22.6 Å². The molecule has 0 N–H and O–H groups in total. The van der Waals surface area contributed by atoms with Crippen LogP contribution in [0.5, 0.6) is 0 Å². The highest BCUT2D eigenvalue weighted by atomic mass is 127. The number of halogens is 3. The number of hydrogen-bond donors (Lipinski definition) is 0. The second kappa shape index (κ2) is 8.11. The van der Waals surface area contributed by atoms with Crippen molar-refractivity contribution < 1.29 is 22.8 Å². The van der Waals surface area contributed by atoms with Gasteiger partial charge in [0.1, 0.15) is 23.2 Å². The van der Waals surface area contributed by atoms with Gasteiger partial charge in [0.2, 0.25) is 0 Å². The predicted octanol–water partition coefficient (Wildman–Crippen LogP) is 6.07. The van der Waals surface area contributed by atoms with Gasteiger partial charge in [-0.05, 0) is 76.3 Å². The normalized spacial score (nSPS) is 15.6. The van der Waals surface area contributed by atoms with E-state index in [9.17, 15) is 18.4 Å². The number of imide groups is 1. The van der Waals surface area contributed by atoms with E-state index in [-0.39, 0.29) is 28.0 Å². The van der Waals surface area contributed by atoms with Crippen molar-refractivity contribution in [3.05, 3.63) is 86.0 Å². The van der Waals surface area contributed by atoms with Gasteiger partial charge in [0.15, 0.2) is 0 Å². The number of thioether (sulfide) groups is 1. The lowest BCUT2D eigenvalue weighted by atomic mass is 10.1. The highest BCUT2D eigenvalue weighted by Crippen LogP contribution is 2.34. The molecule has 29 heavy (non-hydrogen) atoms. The third kappa shape index (κ3) is 4.27. The Morgan fingerprint density at radius 3 is 2.52 bits per heavy atom. The van der Waals surface area contributed by atoms with E-state index in [4.69, 9.17) is 4.42 Å². The maximum atomic E-state index is 13.9. The number of carbonyl (C=O) groups excluding carboxylic acids is 2. The summed E-state index contributed by atoms with van der Waals surface area (Å²) in [4.78, 5) is 26.3. The minimum atomic E-state index is -0.747. The Bertz CT molecular complexity index is 1140. The molecule has 8 heteroatoms. The van der Waals surface area contributed by atoms with Gasteiger partial charge in [-0.2, -0.15) is 0 Å². The van der Waals surface area contributed by atoms with Gasteiger partial charge in [0.25, 0.3) is 11.1 Å². The zero-order valence-electron chi connectivity index (χ0n) is 14.7. The fourth-order valence-corrected chi connectivity index (χ4v) is 3.98. The fourth-order valence-electron chi connectivity index (χ4n) is 2.80. The molecule has 1 aromatic heterocycles. The highest BCUT2D eigenvalue weighted by Gasteiger charge is 2.35. The number of furan rings is 1. The maximum absolute atomic E-state index is 13.9. The first-order valence-corrected chi connectivity index (χ1v) is 10.4. The Kier molecular flexibility index (Phi) is 5.55. The smallest absolute Gasteiger partial charge is 0.293 e. The number of hydrogen-bond acceptors (Lipinski definition) is 4. The SMILES string of the molecule is O=C1S/C(=C/c2ccc(-c3ccc(F)cc3F)o2)C(=O)N1Cc1ccc(I)cc1. The van der Waals surface area contributed by atoms with Crippen LogP contribution in [0, 0.1) is 15.2 Å². The van der Waals surface area contributed by atoms with Gasteiger partial charge in [0, 0.05) is 15.7 Å².